The number of para-hydroxylation sites is 1. The number of halogens is 2. The fourth-order valence-electron chi connectivity index (χ4n) is 5.01. The minimum Gasteiger partial charge on any atom is -0.486 e. The second-order valence-corrected chi connectivity index (χ2v) is 10.2. The number of Topliss-reactive ketones (excluding diaryl/α,β-unsaturated/α-hetero) is 1. The van der Waals surface area contributed by atoms with Gasteiger partial charge in [-0.3, -0.25) is 4.79 Å². The minimum atomic E-state index is -0.550. The number of benzene rings is 3. The summed E-state index contributed by atoms with van der Waals surface area (Å²) in [5.74, 6) is 0.225. The number of ketones is 1. The normalized spacial score (nSPS) is 15.2. The van der Waals surface area contributed by atoms with E-state index in [1.165, 1.54) is 0 Å². The van der Waals surface area contributed by atoms with Gasteiger partial charge in [-0.05, 0) is 78.4 Å². The number of rotatable bonds is 5. The van der Waals surface area contributed by atoms with Crippen LogP contribution in [0.15, 0.2) is 60.7 Å². The van der Waals surface area contributed by atoms with E-state index in [0.717, 1.165) is 35.2 Å². The molecule has 0 radical (unpaired) electrons. The number of esters is 1. The first kappa shape index (κ1) is 25.4. The van der Waals surface area contributed by atoms with Crippen LogP contribution in [-0.4, -0.2) is 36.6 Å². The quantitative estimate of drug-likeness (QED) is 0.189. The van der Waals surface area contributed by atoms with Crippen molar-refractivity contribution in [3.8, 4) is 11.5 Å². The number of allylic oxidation sites excluding steroid dienone is 1. The Labute approximate surface area is 235 Å². The van der Waals surface area contributed by atoms with Gasteiger partial charge in [-0.25, -0.2) is 9.78 Å². The maximum atomic E-state index is 13.5. The Morgan fingerprint density at radius 2 is 1.74 bits per heavy atom. The van der Waals surface area contributed by atoms with Crippen LogP contribution in [0.4, 0.5) is 0 Å². The molecule has 0 N–H and O–H groups in total. The van der Waals surface area contributed by atoms with Gasteiger partial charge in [-0.1, -0.05) is 47.5 Å². The molecule has 4 aromatic rings. The number of pyridine rings is 1. The summed E-state index contributed by atoms with van der Waals surface area (Å²) in [6.45, 7) is 0.490. The number of aromatic nitrogens is 1. The number of carbonyl (C=O) groups excluding carboxylic acids is 2. The van der Waals surface area contributed by atoms with E-state index in [2.05, 4.69) is 0 Å². The zero-order chi connectivity index (χ0) is 26.9. The number of hydrogen-bond acceptors (Lipinski definition) is 6. The van der Waals surface area contributed by atoms with Crippen LogP contribution >= 0.6 is 23.2 Å². The summed E-state index contributed by atoms with van der Waals surface area (Å²) >= 11 is 12.3. The van der Waals surface area contributed by atoms with Crippen LogP contribution in [0.5, 0.6) is 11.5 Å². The summed E-state index contributed by atoms with van der Waals surface area (Å²) in [7, 11) is 0. The lowest BCUT2D eigenvalue weighted by Gasteiger charge is -2.22. The molecule has 1 aliphatic heterocycles. The van der Waals surface area contributed by atoms with Crippen molar-refractivity contribution in [2.45, 2.75) is 19.3 Å². The Morgan fingerprint density at radius 3 is 2.59 bits per heavy atom. The lowest BCUT2D eigenvalue weighted by Crippen LogP contribution is -2.19. The van der Waals surface area contributed by atoms with E-state index in [1.54, 1.807) is 24.3 Å². The third-order valence-electron chi connectivity index (χ3n) is 6.86. The summed E-state index contributed by atoms with van der Waals surface area (Å²) in [5.41, 5.74) is 5.01. The first-order chi connectivity index (χ1) is 19.0. The SMILES string of the molecule is O=C(COC(=O)c1c2c(nc3ccccc13)/C(=C\c1ccc(Cl)c(Cl)c1)CCC2)c1ccc2c(c1)OCCO2. The van der Waals surface area contributed by atoms with Crippen molar-refractivity contribution >= 4 is 57.5 Å². The Kier molecular flexibility index (Phi) is 6.98. The summed E-state index contributed by atoms with van der Waals surface area (Å²) < 4.78 is 16.7. The molecule has 3 aromatic carbocycles. The monoisotopic (exact) mass is 559 g/mol. The van der Waals surface area contributed by atoms with Crippen LogP contribution in [-0.2, 0) is 11.2 Å². The van der Waals surface area contributed by atoms with Crippen molar-refractivity contribution in [2.75, 3.05) is 19.8 Å². The summed E-state index contributed by atoms with van der Waals surface area (Å²) in [5, 5.41) is 1.66. The second-order valence-electron chi connectivity index (χ2n) is 9.39. The molecular formula is C31H23Cl2NO5. The van der Waals surface area contributed by atoms with Gasteiger partial charge in [0.2, 0.25) is 0 Å². The maximum Gasteiger partial charge on any atom is 0.339 e. The molecule has 2 heterocycles. The Balaban J connectivity index is 1.32. The van der Waals surface area contributed by atoms with Gasteiger partial charge < -0.3 is 14.2 Å². The van der Waals surface area contributed by atoms with E-state index >= 15 is 0 Å². The van der Waals surface area contributed by atoms with Crippen molar-refractivity contribution in [1.82, 2.24) is 4.98 Å². The van der Waals surface area contributed by atoms with Gasteiger partial charge in [-0.2, -0.15) is 0 Å². The lowest BCUT2D eigenvalue weighted by molar-refractivity contribution is 0.0475. The molecule has 0 spiro atoms. The van der Waals surface area contributed by atoms with Crippen molar-refractivity contribution in [2.24, 2.45) is 0 Å². The largest absolute Gasteiger partial charge is 0.486 e. The average molecular weight is 560 g/mol. The molecular weight excluding hydrogens is 537 g/mol. The molecule has 6 rings (SSSR count). The van der Waals surface area contributed by atoms with Gasteiger partial charge in [0.1, 0.15) is 13.2 Å². The number of ether oxygens (including phenoxy) is 3. The fraction of sp³-hybridized carbons (Fsp3) is 0.194. The van der Waals surface area contributed by atoms with Gasteiger partial charge in [0.05, 0.1) is 26.8 Å². The second kappa shape index (κ2) is 10.7. The van der Waals surface area contributed by atoms with Crippen molar-refractivity contribution < 1.29 is 23.8 Å². The highest BCUT2D eigenvalue weighted by Crippen LogP contribution is 2.37. The zero-order valence-corrected chi connectivity index (χ0v) is 22.3. The fourth-order valence-corrected chi connectivity index (χ4v) is 5.32. The zero-order valence-electron chi connectivity index (χ0n) is 20.8. The molecule has 0 amide bonds. The number of hydrogen-bond donors (Lipinski definition) is 0. The van der Waals surface area contributed by atoms with Crippen molar-refractivity contribution in [1.29, 1.82) is 0 Å². The highest BCUT2D eigenvalue weighted by atomic mass is 35.5. The van der Waals surface area contributed by atoms with E-state index < -0.39 is 12.6 Å². The predicted octanol–water partition coefficient (Wildman–Crippen LogP) is 7.23. The smallest absolute Gasteiger partial charge is 0.339 e. The van der Waals surface area contributed by atoms with Crippen LogP contribution < -0.4 is 9.47 Å². The first-order valence-corrected chi connectivity index (χ1v) is 13.4. The summed E-state index contributed by atoms with van der Waals surface area (Å²) in [6.07, 6.45) is 4.35. The molecule has 0 unspecified atom stereocenters. The molecule has 1 aliphatic carbocycles. The van der Waals surface area contributed by atoms with Crippen molar-refractivity contribution in [3.05, 3.63) is 98.7 Å². The van der Waals surface area contributed by atoms with Crippen LogP contribution in [0.25, 0.3) is 22.6 Å². The number of carbonyl (C=O) groups is 2. The standard InChI is InChI=1S/C31H23Cl2NO5/c32-23-10-8-18(15-24(23)33)14-20-4-3-6-22-29(21-5-1-2-7-25(21)34-30(20)22)31(36)39-17-26(35)19-9-11-27-28(16-19)38-13-12-37-27/h1-2,5,7-11,14-16H,3-4,6,12-13,17H2/b20-14-. The number of fused-ring (bicyclic) bond motifs is 3. The van der Waals surface area contributed by atoms with Crippen LogP contribution in [0.3, 0.4) is 0 Å². The molecule has 2 aliphatic rings. The summed E-state index contributed by atoms with van der Waals surface area (Å²) in [4.78, 5) is 31.4. The van der Waals surface area contributed by atoms with E-state index in [9.17, 15) is 9.59 Å². The Morgan fingerprint density at radius 1 is 0.923 bits per heavy atom. The minimum absolute atomic E-state index is 0.326. The molecule has 8 heteroatoms. The maximum absolute atomic E-state index is 13.5. The highest BCUT2D eigenvalue weighted by Gasteiger charge is 2.27. The molecule has 0 bridgehead atoms. The van der Waals surface area contributed by atoms with Crippen LogP contribution in [0.2, 0.25) is 10.0 Å². The van der Waals surface area contributed by atoms with Gasteiger partial charge in [0.25, 0.3) is 0 Å². The van der Waals surface area contributed by atoms with Crippen LogP contribution in [0, 0.1) is 0 Å². The van der Waals surface area contributed by atoms with E-state index in [0.29, 0.717) is 63.2 Å². The van der Waals surface area contributed by atoms with Gasteiger partial charge >= 0.3 is 5.97 Å². The molecule has 196 valence electrons. The highest BCUT2D eigenvalue weighted by molar-refractivity contribution is 6.42. The molecule has 6 nitrogen and oxygen atoms in total. The molecule has 0 saturated heterocycles. The van der Waals surface area contributed by atoms with E-state index in [1.807, 2.05) is 42.5 Å². The third kappa shape index (κ3) is 5.10. The molecule has 1 aromatic heterocycles. The molecule has 0 fully saturated rings. The molecule has 0 atom stereocenters. The average Bonchev–Trinajstić information content (AvgIpc) is 2.96. The van der Waals surface area contributed by atoms with E-state index in [4.69, 9.17) is 42.4 Å². The molecule has 39 heavy (non-hydrogen) atoms. The summed E-state index contributed by atoms with van der Waals surface area (Å²) in [6, 6.07) is 17.9. The molecule has 0 saturated carbocycles. The van der Waals surface area contributed by atoms with E-state index in [-0.39, 0.29) is 5.78 Å². The van der Waals surface area contributed by atoms with Crippen LogP contribution in [0.1, 0.15) is 50.4 Å². The first-order valence-electron chi connectivity index (χ1n) is 12.7. The van der Waals surface area contributed by atoms with Gasteiger partial charge in [0, 0.05) is 10.9 Å². The Hall–Kier alpha value is -3.87. The lowest BCUT2D eigenvalue weighted by atomic mass is 9.86. The Bertz CT molecular complexity index is 1660. The van der Waals surface area contributed by atoms with Gasteiger partial charge in [-0.15, -0.1) is 0 Å². The third-order valence-corrected chi connectivity index (χ3v) is 7.60. The van der Waals surface area contributed by atoms with Gasteiger partial charge in [0.15, 0.2) is 23.9 Å². The topological polar surface area (TPSA) is 74.7 Å². The number of nitrogens with zero attached hydrogens (tertiary/aromatic N) is 1. The predicted molar refractivity (Wildman–Crippen MR) is 151 cm³/mol. The van der Waals surface area contributed by atoms with Crippen molar-refractivity contribution in [3.63, 3.8) is 0 Å².